The summed E-state index contributed by atoms with van der Waals surface area (Å²) in [4.78, 5) is 17.9. The number of imidazole rings is 1. The largest absolute Gasteiger partial charge is 0.364 e. The maximum absolute atomic E-state index is 11.3. The number of nitrogens with one attached hydrogen (secondary N) is 5. The molecule has 0 aliphatic rings. The summed E-state index contributed by atoms with van der Waals surface area (Å²) < 4.78 is 0. The molecule has 8 heteroatoms. The van der Waals surface area contributed by atoms with Gasteiger partial charge in [-0.15, -0.1) is 0 Å². The lowest BCUT2D eigenvalue weighted by Gasteiger charge is -2.08. The number of hydrazine groups is 1. The first kappa shape index (κ1) is 11.2. The number of nitrogens with zero attached hydrogens (tertiary/aromatic N) is 1. The van der Waals surface area contributed by atoms with E-state index in [0.29, 0.717) is 16.6 Å². The second kappa shape index (κ2) is 5.15. The third-order valence-electron chi connectivity index (χ3n) is 1.61. The number of hydrogen-bond donors (Lipinski definition) is 5. The molecule has 0 aliphatic heterocycles. The Hall–Kier alpha value is -1.83. The molecule has 0 radical (unpaired) electrons. The molecule has 0 bridgehead atoms. The number of rotatable bonds is 3. The van der Waals surface area contributed by atoms with Gasteiger partial charge in [0.25, 0.3) is 5.91 Å². The molecule has 0 saturated carbocycles. The normalized spacial score (nSPS) is 9.20. The van der Waals surface area contributed by atoms with Crippen LogP contribution in [0.4, 0.5) is 5.82 Å². The average molecular weight is 228 g/mol. The summed E-state index contributed by atoms with van der Waals surface area (Å²) in [6.07, 6.45) is 1.41. The van der Waals surface area contributed by atoms with Crippen molar-refractivity contribution in [3.05, 3.63) is 12.0 Å². The molecular weight excluding hydrogens is 216 g/mol. The maximum atomic E-state index is 11.3. The number of carbonyl (C=O) groups is 1. The van der Waals surface area contributed by atoms with Gasteiger partial charge in [0.05, 0.1) is 6.33 Å². The van der Waals surface area contributed by atoms with Crippen LogP contribution in [-0.2, 0) is 0 Å². The molecule has 0 saturated heterocycles. The lowest BCUT2D eigenvalue weighted by Crippen LogP contribution is -2.37. The first-order valence-corrected chi connectivity index (χ1v) is 4.59. The average Bonchev–Trinajstić information content (AvgIpc) is 2.72. The van der Waals surface area contributed by atoms with Crippen molar-refractivity contribution >= 4 is 29.1 Å². The topological polar surface area (TPSA) is 93.9 Å². The molecule has 0 aromatic carbocycles. The minimum Gasteiger partial charge on any atom is -0.364 e. The Morgan fingerprint density at radius 2 is 2.20 bits per heavy atom. The Morgan fingerprint density at radius 1 is 1.47 bits per heavy atom. The fourth-order valence-electron chi connectivity index (χ4n) is 0.866. The summed E-state index contributed by atoms with van der Waals surface area (Å²) in [5.74, 6) is 0.124. The van der Waals surface area contributed by atoms with Crippen molar-refractivity contribution in [2.75, 3.05) is 19.5 Å². The van der Waals surface area contributed by atoms with Gasteiger partial charge in [-0.1, -0.05) is 0 Å². The monoisotopic (exact) mass is 228 g/mol. The highest BCUT2D eigenvalue weighted by Crippen LogP contribution is 2.06. The third-order valence-corrected chi connectivity index (χ3v) is 1.92. The van der Waals surface area contributed by atoms with Crippen LogP contribution in [0.3, 0.4) is 0 Å². The van der Waals surface area contributed by atoms with Crippen LogP contribution in [0.15, 0.2) is 6.33 Å². The van der Waals surface area contributed by atoms with Gasteiger partial charge in [0, 0.05) is 14.1 Å². The number of aromatic nitrogens is 2. The molecule has 1 heterocycles. The number of hydrogen-bond acceptors (Lipinski definition) is 4. The number of carbonyl (C=O) groups excluding carboxylic acids is 1. The van der Waals surface area contributed by atoms with Crippen LogP contribution in [0.2, 0.25) is 0 Å². The molecule has 7 nitrogen and oxygen atoms in total. The van der Waals surface area contributed by atoms with Gasteiger partial charge in [0.1, 0.15) is 5.69 Å². The summed E-state index contributed by atoms with van der Waals surface area (Å²) in [5, 5.41) is 5.60. The molecule has 15 heavy (non-hydrogen) atoms. The number of aromatic amines is 1. The zero-order valence-corrected chi connectivity index (χ0v) is 9.16. The molecule has 1 aromatic heterocycles. The number of amides is 1. The Morgan fingerprint density at radius 3 is 2.80 bits per heavy atom. The van der Waals surface area contributed by atoms with E-state index in [4.69, 9.17) is 12.2 Å². The van der Waals surface area contributed by atoms with Crippen LogP contribution < -0.4 is 21.5 Å². The maximum Gasteiger partial charge on any atom is 0.271 e. The molecular formula is C7H12N6OS. The van der Waals surface area contributed by atoms with Gasteiger partial charge in [0.2, 0.25) is 0 Å². The summed E-state index contributed by atoms with van der Waals surface area (Å²) in [6.45, 7) is 0. The van der Waals surface area contributed by atoms with Crippen molar-refractivity contribution in [3.8, 4) is 0 Å². The standard InChI is InChI=1S/C7H12N6OS/c1-8-6(14)4-5(11-3-10-4)12-13-7(15)9-2/h3,12H,1-2H3,(H,8,14)(H,10,11)(H2,9,13,15). The van der Waals surface area contributed by atoms with Gasteiger partial charge in [-0.05, 0) is 12.2 Å². The zero-order chi connectivity index (χ0) is 11.3. The van der Waals surface area contributed by atoms with Gasteiger partial charge in [-0.25, -0.2) is 4.98 Å². The van der Waals surface area contributed by atoms with E-state index in [1.165, 1.54) is 6.33 Å². The molecule has 1 aromatic rings. The highest BCUT2D eigenvalue weighted by atomic mass is 32.1. The Balaban J connectivity index is 2.65. The summed E-state index contributed by atoms with van der Waals surface area (Å²) in [6, 6.07) is 0. The van der Waals surface area contributed by atoms with E-state index in [2.05, 4.69) is 31.5 Å². The molecule has 0 fully saturated rings. The SMILES string of the molecule is CNC(=O)c1[nH]cnc1NNC(=S)NC. The van der Waals surface area contributed by atoms with E-state index in [-0.39, 0.29) is 5.91 Å². The first-order valence-electron chi connectivity index (χ1n) is 4.18. The lowest BCUT2D eigenvalue weighted by atomic mass is 10.4. The predicted molar refractivity (Wildman–Crippen MR) is 60.4 cm³/mol. The van der Waals surface area contributed by atoms with Crippen LogP contribution in [0.1, 0.15) is 10.5 Å². The van der Waals surface area contributed by atoms with E-state index >= 15 is 0 Å². The van der Waals surface area contributed by atoms with E-state index in [1.807, 2.05) is 0 Å². The Kier molecular flexibility index (Phi) is 3.86. The minimum absolute atomic E-state index is 0.257. The Labute approximate surface area is 92.0 Å². The van der Waals surface area contributed by atoms with Crippen LogP contribution in [0.25, 0.3) is 0 Å². The van der Waals surface area contributed by atoms with Gasteiger partial charge in [0.15, 0.2) is 10.9 Å². The van der Waals surface area contributed by atoms with Gasteiger partial charge >= 0.3 is 0 Å². The fraction of sp³-hybridized carbons (Fsp3) is 0.286. The van der Waals surface area contributed by atoms with Gasteiger partial charge < -0.3 is 15.6 Å². The van der Waals surface area contributed by atoms with Gasteiger partial charge in [-0.2, -0.15) is 0 Å². The molecule has 1 rings (SSSR count). The Bertz CT molecular complexity index is 362. The number of thiocarbonyl (C=S) groups is 1. The van der Waals surface area contributed by atoms with Crippen LogP contribution in [0.5, 0.6) is 0 Å². The van der Waals surface area contributed by atoms with E-state index in [9.17, 15) is 4.79 Å². The molecule has 82 valence electrons. The molecule has 0 unspecified atom stereocenters. The van der Waals surface area contributed by atoms with E-state index < -0.39 is 0 Å². The van der Waals surface area contributed by atoms with Crippen LogP contribution >= 0.6 is 12.2 Å². The first-order chi connectivity index (χ1) is 7.19. The van der Waals surface area contributed by atoms with Crippen molar-refractivity contribution < 1.29 is 4.79 Å². The van der Waals surface area contributed by atoms with E-state index in [1.54, 1.807) is 14.1 Å². The van der Waals surface area contributed by atoms with Crippen molar-refractivity contribution in [1.29, 1.82) is 0 Å². The van der Waals surface area contributed by atoms with Crippen molar-refractivity contribution in [1.82, 2.24) is 26.0 Å². The van der Waals surface area contributed by atoms with Crippen molar-refractivity contribution in [2.24, 2.45) is 0 Å². The second-order valence-corrected chi connectivity index (χ2v) is 2.94. The van der Waals surface area contributed by atoms with Crippen molar-refractivity contribution in [2.45, 2.75) is 0 Å². The quantitative estimate of drug-likeness (QED) is 0.343. The molecule has 0 aliphatic carbocycles. The molecule has 0 atom stereocenters. The predicted octanol–water partition coefficient (Wildman–Crippen LogP) is -0.810. The summed E-state index contributed by atoms with van der Waals surface area (Å²) in [7, 11) is 3.22. The van der Waals surface area contributed by atoms with E-state index in [0.717, 1.165) is 0 Å². The molecule has 0 spiro atoms. The van der Waals surface area contributed by atoms with Gasteiger partial charge in [-0.3, -0.25) is 15.6 Å². The van der Waals surface area contributed by atoms with Crippen LogP contribution in [0, 0.1) is 0 Å². The highest BCUT2D eigenvalue weighted by molar-refractivity contribution is 7.80. The number of H-pyrrole nitrogens is 1. The third kappa shape index (κ3) is 2.81. The molecule has 5 N–H and O–H groups in total. The highest BCUT2D eigenvalue weighted by Gasteiger charge is 2.12. The second-order valence-electron chi connectivity index (χ2n) is 2.53. The summed E-state index contributed by atoms with van der Waals surface area (Å²) in [5.41, 5.74) is 5.70. The fourth-order valence-corrected chi connectivity index (χ4v) is 0.917. The van der Waals surface area contributed by atoms with Crippen molar-refractivity contribution in [3.63, 3.8) is 0 Å². The summed E-state index contributed by atoms with van der Waals surface area (Å²) >= 11 is 4.84. The zero-order valence-electron chi connectivity index (χ0n) is 8.34. The molecule has 1 amide bonds. The lowest BCUT2D eigenvalue weighted by molar-refractivity contribution is 0.0959. The minimum atomic E-state index is -0.257. The number of anilines is 1. The smallest absolute Gasteiger partial charge is 0.271 e. The van der Waals surface area contributed by atoms with Crippen LogP contribution in [-0.4, -0.2) is 35.1 Å².